The largest absolute Gasteiger partial charge is 0.497 e. The van der Waals surface area contributed by atoms with Gasteiger partial charge in [0.2, 0.25) is 0 Å². The Morgan fingerprint density at radius 1 is 0.962 bits per heavy atom. The van der Waals surface area contributed by atoms with E-state index in [1.807, 2.05) is 29.1 Å². The van der Waals surface area contributed by atoms with Gasteiger partial charge in [-0.05, 0) is 29.2 Å². The van der Waals surface area contributed by atoms with Gasteiger partial charge in [0, 0.05) is 27.1 Å². The molecule has 0 atom stereocenters. The number of methoxy groups -OCH3 is 1. The number of hydrogen-bond donors (Lipinski definition) is 0. The zero-order chi connectivity index (χ0) is 18.7. The van der Waals surface area contributed by atoms with Crippen LogP contribution in [0.1, 0.15) is 38.8 Å². The number of fused-ring (bicyclic) bond motifs is 3. The summed E-state index contributed by atoms with van der Waals surface area (Å²) in [5.74, 6) is 0.828. The molecule has 2 aromatic carbocycles. The van der Waals surface area contributed by atoms with E-state index in [1.54, 1.807) is 7.11 Å². The van der Waals surface area contributed by atoms with E-state index in [0.717, 1.165) is 21.6 Å². The first-order valence-corrected chi connectivity index (χ1v) is 9.60. The van der Waals surface area contributed by atoms with Crippen molar-refractivity contribution in [3.8, 4) is 22.7 Å². The summed E-state index contributed by atoms with van der Waals surface area (Å²) in [5, 5.41) is 4.78. The molecule has 0 bridgehead atoms. The summed E-state index contributed by atoms with van der Waals surface area (Å²) in [6, 6.07) is 14.5. The molecule has 1 aromatic heterocycles. The first-order valence-electron chi connectivity index (χ1n) is 8.81. The van der Waals surface area contributed by atoms with Crippen LogP contribution in [-0.2, 0) is 10.8 Å². The van der Waals surface area contributed by atoms with Crippen LogP contribution in [0.3, 0.4) is 0 Å². The molecule has 26 heavy (non-hydrogen) atoms. The number of hydrogen-bond acceptors (Lipinski definition) is 2. The number of aromatic nitrogens is 2. The minimum absolute atomic E-state index is 0.0125. The van der Waals surface area contributed by atoms with E-state index in [-0.39, 0.29) is 10.8 Å². The van der Waals surface area contributed by atoms with Gasteiger partial charge in [0.05, 0.1) is 24.7 Å². The lowest BCUT2D eigenvalue weighted by atomic mass is 9.57. The van der Waals surface area contributed by atoms with Gasteiger partial charge in [0.1, 0.15) is 5.75 Å². The molecule has 1 heterocycles. The third-order valence-electron chi connectivity index (χ3n) is 6.23. The molecule has 0 amide bonds. The van der Waals surface area contributed by atoms with Crippen LogP contribution in [0.2, 0.25) is 0 Å². The van der Waals surface area contributed by atoms with Crippen molar-refractivity contribution in [2.75, 3.05) is 7.11 Å². The predicted octanol–water partition coefficient (Wildman–Crippen LogP) is 5.88. The van der Waals surface area contributed by atoms with Crippen molar-refractivity contribution in [1.29, 1.82) is 0 Å². The molecule has 3 nitrogen and oxygen atoms in total. The molecular formula is C22H23BrN2O. The molecule has 0 aliphatic heterocycles. The van der Waals surface area contributed by atoms with Crippen LogP contribution in [0.15, 0.2) is 53.1 Å². The molecule has 0 saturated heterocycles. The monoisotopic (exact) mass is 410 g/mol. The highest BCUT2D eigenvalue weighted by atomic mass is 79.9. The zero-order valence-corrected chi connectivity index (χ0v) is 17.4. The lowest BCUT2D eigenvalue weighted by Gasteiger charge is -2.47. The maximum atomic E-state index is 5.41. The van der Waals surface area contributed by atoms with Gasteiger partial charge in [0.15, 0.2) is 0 Å². The normalized spacial score (nSPS) is 16.7. The number of benzene rings is 2. The quantitative estimate of drug-likeness (QED) is 0.527. The number of halogens is 1. The van der Waals surface area contributed by atoms with Gasteiger partial charge in [-0.2, -0.15) is 5.10 Å². The maximum absolute atomic E-state index is 5.41. The SMILES string of the molecule is COc1cccc(-n2ncc3c2-c2c(Br)cccc2C(C)(C)C3(C)C)c1. The van der Waals surface area contributed by atoms with Crippen molar-refractivity contribution in [1.82, 2.24) is 9.78 Å². The average Bonchev–Trinajstić information content (AvgIpc) is 3.06. The summed E-state index contributed by atoms with van der Waals surface area (Å²) in [4.78, 5) is 0. The third-order valence-corrected chi connectivity index (χ3v) is 6.89. The van der Waals surface area contributed by atoms with Gasteiger partial charge in [-0.1, -0.05) is 61.8 Å². The van der Waals surface area contributed by atoms with E-state index in [1.165, 1.54) is 16.7 Å². The predicted molar refractivity (Wildman–Crippen MR) is 109 cm³/mol. The number of ether oxygens (including phenoxy) is 1. The van der Waals surface area contributed by atoms with Crippen molar-refractivity contribution in [3.63, 3.8) is 0 Å². The molecule has 1 aliphatic rings. The van der Waals surface area contributed by atoms with Crippen molar-refractivity contribution in [2.45, 2.75) is 38.5 Å². The summed E-state index contributed by atoms with van der Waals surface area (Å²) in [6.07, 6.45) is 2.03. The van der Waals surface area contributed by atoms with Crippen molar-refractivity contribution in [2.24, 2.45) is 0 Å². The molecule has 0 saturated carbocycles. The molecule has 0 N–H and O–H groups in total. The van der Waals surface area contributed by atoms with E-state index < -0.39 is 0 Å². The molecule has 1 aliphatic carbocycles. The van der Waals surface area contributed by atoms with Gasteiger partial charge in [0.25, 0.3) is 0 Å². The van der Waals surface area contributed by atoms with Crippen LogP contribution < -0.4 is 4.74 Å². The number of rotatable bonds is 2. The van der Waals surface area contributed by atoms with Crippen LogP contribution in [-0.4, -0.2) is 16.9 Å². The zero-order valence-electron chi connectivity index (χ0n) is 15.8. The fourth-order valence-electron chi connectivity index (χ4n) is 3.94. The smallest absolute Gasteiger partial charge is 0.121 e. The van der Waals surface area contributed by atoms with E-state index in [0.29, 0.717) is 0 Å². The first-order chi connectivity index (χ1) is 12.3. The van der Waals surface area contributed by atoms with E-state index in [9.17, 15) is 0 Å². The summed E-state index contributed by atoms with van der Waals surface area (Å²) in [6.45, 7) is 9.27. The fourth-order valence-corrected chi connectivity index (χ4v) is 4.50. The fraction of sp³-hybridized carbons (Fsp3) is 0.318. The first kappa shape index (κ1) is 17.3. The molecule has 4 rings (SSSR count). The summed E-state index contributed by atoms with van der Waals surface area (Å²) in [7, 11) is 1.69. The Morgan fingerprint density at radius 2 is 1.65 bits per heavy atom. The molecule has 134 valence electrons. The Kier molecular flexibility index (Phi) is 3.81. The number of nitrogens with zero attached hydrogens (tertiary/aromatic N) is 2. The summed E-state index contributed by atoms with van der Waals surface area (Å²) in [5.41, 5.74) is 5.94. The van der Waals surface area contributed by atoms with Gasteiger partial charge < -0.3 is 4.74 Å². The highest BCUT2D eigenvalue weighted by molar-refractivity contribution is 9.10. The van der Waals surface area contributed by atoms with Gasteiger partial charge in [-0.3, -0.25) is 0 Å². The van der Waals surface area contributed by atoms with E-state index in [4.69, 9.17) is 9.84 Å². The molecule has 3 aromatic rings. The van der Waals surface area contributed by atoms with Crippen LogP contribution >= 0.6 is 15.9 Å². The van der Waals surface area contributed by atoms with Gasteiger partial charge in [-0.25, -0.2) is 4.68 Å². The average molecular weight is 411 g/mol. The maximum Gasteiger partial charge on any atom is 0.121 e. The Hall–Kier alpha value is -2.07. The van der Waals surface area contributed by atoms with Crippen molar-refractivity contribution >= 4 is 15.9 Å². The molecule has 0 radical (unpaired) electrons. The summed E-state index contributed by atoms with van der Waals surface area (Å²) < 4.78 is 8.56. The molecule has 0 fully saturated rings. The van der Waals surface area contributed by atoms with Crippen molar-refractivity contribution < 1.29 is 4.74 Å². The Bertz CT molecular complexity index is 1000. The Labute approximate surface area is 163 Å². The van der Waals surface area contributed by atoms with Crippen LogP contribution in [0.4, 0.5) is 0 Å². The van der Waals surface area contributed by atoms with Crippen LogP contribution in [0.25, 0.3) is 16.9 Å². The van der Waals surface area contributed by atoms with Crippen LogP contribution in [0, 0.1) is 0 Å². The van der Waals surface area contributed by atoms with E-state index >= 15 is 0 Å². The van der Waals surface area contributed by atoms with Gasteiger partial charge in [-0.15, -0.1) is 0 Å². The molecule has 0 unspecified atom stereocenters. The highest BCUT2D eigenvalue weighted by Gasteiger charge is 2.48. The highest BCUT2D eigenvalue weighted by Crippen LogP contribution is 2.55. The standard InChI is InChI=1S/C22H23BrN2O/c1-21(2)16-10-7-11-18(23)19(16)20-17(22(21,3)4)13-24-25(20)14-8-6-9-15(12-14)26-5/h6-13H,1-5H3. The van der Waals surface area contributed by atoms with Gasteiger partial charge >= 0.3 is 0 Å². The second-order valence-electron chi connectivity index (χ2n) is 7.93. The Morgan fingerprint density at radius 3 is 2.38 bits per heavy atom. The minimum Gasteiger partial charge on any atom is -0.497 e. The summed E-state index contributed by atoms with van der Waals surface area (Å²) >= 11 is 3.79. The minimum atomic E-state index is -0.0484. The molecule has 4 heteroatoms. The topological polar surface area (TPSA) is 27.1 Å². The molecule has 0 spiro atoms. The second kappa shape index (κ2) is 5.71. The lowest BCUT2D eigenvalue weighted by Crippen LogP contribution is -2.43. The van der Waals surface area contributed by atoms with E-state index in [2.05, 4.69) is 67.9 Å². The molecular weight excluding hydrogens is 388 g/mol. The van der Waals surface area contributed by atoms with Crippen LogP contribution in [0.5, 0.6) is 5.75 Å². The second-order valence-corrected chi connectivity index (χ2v) is 8.79. The lowest BCUT2D eigenvalue weighted by molar-refractivity contribution is 0.298. The Balaban J connectivity index is 2.07. The van der Waals surface area contributed by atoms with Crippen molar-refractivity contribution in [3.05, 3.63) is 64.3 Å². The third kappa shape index (κ3) is 2.21.